The summed E-state index contributed by atoms with van der Waals surface area (Å²) in [4.78, 5) is 3.70. The Morgan fingerprint density at radius 2 is 1.38 bits per heavy atom. The number of hydrogen-bond donors (Lipinski definition) is 1. The average Bonchev–Trinajstić information content (AvgIpc) is 2.85. The lowest BCUT2D eigenvalue weighted by Gasteiger charge is -2.19. The lowest BCUT2D eigenvalue weighted by atomic mass is 9.85. The first-order valence-corrected chi connectivity index (χ1v) is 7.48. The highest BCUT2D eigenvalue weighted by Crippen LogP contribution is 2.36. The van der Waals surface area contributed by atoms with E-state index in [1.807, 2.05) is 0 Å². The maximum absolute atomic E-state index is 3.70. The number of fused-ring (bicyclic) bond motifs is 5. The second-order valence-corrected chi connectivity index (χ2v) is 6.81. The maximum Gasteiger partial charge on any atom is 0.0544 e. The van der Waals surface area contributed by atoms with Crippen LogP contribution in [0.1, 0.15) is 26.3 Å². The van der Waals surface area contributed by atoms with Gasteiger partial charge in [-0.3, -0.25) is 0 Å². The summed E-state index contributed by atoms with van der Waals surface area (Å²) in [5, 5.41) is 5.22. The number of aromatic nitrogens is 1. The van der Waals surface area contributed by atoms with Crippen molar-refractivity contribution in [3.05, 3.63) is 60.2 Å². The highest BCUT2D eigenvalue weighted by Gasteiger charge is 2.19. The number of nitrogens with one attached hydrogen (secondary N) is 1. The van der Waals surface area contributed by atoms with E-state index in [2.05, 4.69) is 80.4 Å². The van der Waals surface area contributed by atoms with Crippen LogP contribution in [0.5, 0.6) is 0 Å². The minimum Gasteiger partial charge on any atom is -0.354 e. The molecule has 0 saturated carbocycles. The zero-order chi connectivity index (χ0) is 14.6. The van der Waals surface area contributed by atoms with Crippen molar-refractivity contribution < 1.29 is 0 Å². The summed E-state index contributed by atoms with van der Waals surface area (Å²) in [7, 11) is 0. The first-order valence-electron chi connectivity index (χ1n) is 7.48. The molecule has 0 aliphatic rings. The molecule has 0 atom stereocenters. The summed E-state index contributed by atoms with van der Waals surface area (Å²) in [6.45, 7) is 6.81. The van der Waals surface area contributed by atoms with E-state index in [1.54, 1.807) is 0 Å². The minimum absolute atomic E-state index is 0.135. The van der Waals surface area contributed by atoms with Gasteiger partial charge in [0.05, 0.1) is 11.0 Å². The van der Waals surface area contributed by atoms with Crippen molar-refractivity contribution >= 4 is 32.6 Å². The van der Waals surface area contributed by atoms with Gasteiger partial charge in [-0.05, 0) is 16.4 Å². The molecule has 0 saturated heterocycles. The third-order valence-electron chi connectivity index (χ3n) is 4.34. The lowest BCUT2D eigenvalue weighted by molar-refractivity contribution is 0.595. The Morgan fingerprint density at radius 3 is 2.19 bits per heavy atom. The lowest BCUT2D eigenvalue weighted by Crippen LogP contribution is -2.11. The van der Waals surface area contributed by atoms with Crippen LogP contribution in [0.2, 0.25) is 0 Å². The molecule has 1 heteroatoms. The number of H-pyrrole nitrogens is 1. The summed E-state index contributed by atoms with van der Waals surface area (Å²) in [6.07, 6.45) is 0. The number of para-hydroxylation sites is 1. The second kappa shape index (κ2) is 4.11. The van der Waals surface area contributed by atoms with Gasteiger partial charge in [0.25, 0.3) is 0 Å². The summed E-state index contributed by atoms with van der Waals surface area (Å²) in [5.41, 5.74) is 4.03. The molecule has 1 heterocycles. The summed E-state index contributed by atoms with van der Waals surface area (Å²) in [5.74, 6) is 0. The first kappa shape index (κ1) is 12.5. The van der Waals surface area contributed by atoms with E-state index in [9.17, 15) is 0 Å². The van der Waals surface area contributed by atoms with Gasteiger partial charge in [0, 0.05) is 16.2 Å². The molecular weight excluding hydrogens is 254 g/mol. The van der Waals surface area contributed by atoms with Crippen LogP contribution in [0.3, 0.4) is 0 Å². The van der Waals surface area contributed by atoms with Gasteiger partial charge in [-0.1, -0.05) is 75.4 Å². The normalized spacial score (nSPS) is 12.5. The molecule has 0 radical (unpaired) electrons. The predicted molar refractivity (Wildman–Crippen MR) is 92.0 cm³/mol. The molecule has 1 aromatic heterocycles. The Bertz CT molecular complexity index is 968. The third kappa shape index (κ3) is 1.77. The maximum atomic E-state index is 3.70. The molecule has 21 heavy (non-hydrogen) atoms. The third-order valence-corrected chi connectivity index (χ3v) is 4.34. The standard InChI is InChI=1S/C20H19N/c1-20(2,3)17-10-6-9-15-16-12-11-13-7-4-5-8-14(13)18(16)21-19(15)17/h4-12,21H,1-3H3. The van der Waals surface area contributed by atoms with E-state index in [4.69, 9.17) is 0 Å². The second-order valence-electron chi connectivity index (χ2n) is 6.81. The molecule has 1 N–H and O–H groups in total. The highest BCUT2D eigenvalue weighted by atomic mass is 14.7. The quantitative estimate of drug-likeness (QED) is 0.418. The average molecular weight is 273 g/mol. The van der Waals surface area contributed by atoms with Gasteiger partial charge in [-0.2, -0.15) is 0 Å². The molecule has 1 nitrogen and oxygen atoms in total. The zero-order valence-electron chi connectivity index (χ0n) is 12.7. The van der Waals surface area contributed by atoms with Crippen molar-refractivity contribution in [2.75, 3.05) is 0 Å². The Morgan fingerprint density at radius 1 is 0.667 bits per heavy atom. The van der Waals surface area contributed by atoms with E-state index < -0.39 is 0 Å². The van der Waals surface area contributed by atoms with Gasteiger partial charge in [0.15, 0.2) is 0 Å². The van der Waals surface area contributed by atoms with Crippen LogP contribution >= 0.6 is 0 Å². The van der Waals surface area contributed by atoms with Gasteiger partial charge < -0.3 is 4.98 Å². The molecule has 0 amide bonds. The van der Waals surface area contributed by atoms with E-state index in [-0.39, 0.29) is 5.41 Å². The fourth-order valence-electron chi connectivity index (χ4n) is 3.29. The van der Waals surface area contributed by atoms with Crippen LogP contribution in [0.25, 0.3) is 32.6 Å². The van der Waals surface area contributed by atoms with Crippen molar-refractivity contribution in [2.45, 2.75) is 26.2 Å². The van der Waals surface area contributed by atoms with Crippen LogP contribution < -0.4 is 0 Å². The molecular formula is C20H19N. The van der Waals surface area contributed by atoms with Crippen LogP contribution in [0, 0.1) is 0 Å². The van der Waals surface area contributed by atoms with E-state index >= 15 is 0 Å². The van der Waals surface area contributed by atoms with Crippen molar-refractivity contribution in [1.82, 2.24) is 4.98 Å². The Balaban J connectivity index is 2.22. The number of hydrogen-bond acceptors (Lipinski definition) is 0. The first-order chi connectivity index (χ1) is 10.1. The molecule has 0 aliphatic carbocycles. The SMILES string of the molecule is CC(C)(C)c1cccc2c1[nH]c1c3ccccc3ccc21. The Hall–Kier alpha value is -2.28. The molecule has 4 aromatic rings. The van der Waals surface area contributed by atoms with Crippen LogP contribution in [0.15, 0.2) is 54.6 Å². The molecule has 104 valence electrons. The summed E-state index contributed by atoms with van der Waals surface area (Å²) in [6, 6.07) is 19.7. The zero-order valence-corrected chi connectivity index (χ0v) is 12.7. The van der Waals surface area contributed by atoms with Gasteiger partial charge in [-0.15, -0.1) is 0 Å². The van der Waals surface area contributed by atoms with Gasteiger partial charge in [0.2, 0.25) is 0 Å². The summed E-state index contributed by atoms with van der Waals surface area (Å²) < 4.78 is 0. The van der Waals surface area contributed by atoms with Crippen LogP contribution in [0.4, 0.5) is 0 Å². The van der Waals surface area contributed by atoms with E-state index in [1.165, 1.54) is 38.1 Å². The molecule has 3 aromatic carbocycles. The Kier molecular flexibility index (Phi) is 2.44. The number of aromatic amines is 1. The topological polar surface area (TPSA) is 15.8 Å². The van der Waals surface area contributed by atoms with E-state index in [0.29, 0.717) is 0 Å². The van der Waals surface area contributed by atoms with Crippen molar-refractivity contribution in [2.24, 2.45) is 0 Å². The smallest absolute Gasteiger partial charge is 0.0544 e. The summed E-state index contributed by atoms with van der Waals surface area (Å²) >= 11 is 0. The van der Waals surface area contributed by atoms with Crippen LogP contribution in [-0.2, 0) is 5.41 Å². The largest absolute Gasteiger partial charge is 0.354 e. The van der Waals surface area contributed by atoms with Gasteiger partial charge >= 0.3 is 0 Å². The monoisotopic (exact) mass is 273 g/mol. The molecule has 0 bridgehead atoms. The van der Waals surface area contributed by atoms with E-state index in [0.717, 1.165) is 0 Å². The predicted octanol–water partition coefficient (Wildman–Crippen LogP) is 5.77. The van der Waals surface area contributed by atoms with Crippen molar-refractivity contribution in [3.63, 3.8) is 0 Å². The molecule has 0 fully saturated rings. The molecule has 0 unspecified atom stereocenters. The fourth-order valence-corrected chi connectivity index (χ4v) is 3.29. The van der Waals surface area contributed by atoms with Gasteiger partial charge in [-0.25, -0.2) is 0 Å². The fraction of sp³-hybridized carbons (Fsp3) is 0.200. The Labute approximate surface area is 124 Å². The number of benzene rings is 3. The minimum atomic E-state index is 0.135. The highest BCUT2D eigenvalue weighted by molar-refractivity contribution is 6.17. The van der Waals surface area contributed by atoms with Gasteiger partial charge in [0.1, 0.15) is 0 Å². The van der Waals surface area contributed by atoms with Crippen molar-refractivity contribution in [1.29, 1.82) is 0 Å². The molecule has 0 spiro atoms. The number of rotatable bonds is 0. The molecule has 4 rings (SSSR count). The molecule has 0 aliphatic heterocycles. The van der Waals surface area contributed by atoms with Crippen molar-refractivity contribution in [3.8, 4) is 0 Å². The van der Waals surface area contributed by atoms with Crippen LogP contribution in [-0.4, -0.2) is 4.98 Å².